The van der Waals surface area contributed by atoms with Gasteiger partial charge >= 0.3 is 0 Å². The SMILES string of the molecule is CC1(C)CCN(Cc2cc(F)c(N3CC(=O)NC4(CCN(c5cc(NCCCCC(=O)N6CCC(CN7CCN(c8ccc(C9CCC(=O)NC9=O)cc8)CC7)CC6)ncn5)CC4)C3)cc2F)CC1. The summed E-state index contributed by atoms with van der Waals surface area (Å²) in [5.41, 5.74) is 2.33. The van der Waals surface area contributed by atoms with E-state index in [4.69, 9.17) is 0 Å². The highest BCUT2D eigenvalue weighted by Crippen LogP contribution is 2.35. The number of likely N-dealkylation sites (tertiary alicyclic amines) is 2. The lowest BCUT2D eigenvalue weighted by Crippen LogP contribution is -2.66. The molecule has 3 N–H and O–H groups in total. The minimum atomic E-state index is -0.563. The first-order valence-electron chi connectivity index (χ1n) is 25.5. The van der Waals surface area contributed by atoms with Crippen molar-refractivity contribution >= 4 is 46.6 Å². The number of anilines is 4. The number of unbranched alkanes of at least 4 members (excludes halogenated alkanes) is 1. The summed E-state index contributed by atoms with van der Waals surface area (Å²) in [7, 11) is 0. The van der Waals surface area contributed by atoms with E-state index in [1.54, 1.807) is 11.2 Å². The molecule has 17 heteroatoms. The summed E-state index contributed by atoms with van der Waals surface area (Å²) < 4.78 is 31.2. The molecule has 6 saturated heterocycles. The van der Waals surface area contributed by atoms with Gasteiger partial charge in [-0.05, 0) is 106 Å². The third-order valence-electron chi connectivity index (χ3n) is 15.9. The fourth-order valence-corrected chi connectivity index (χ4v) is 11.3. The van der Waals surface area contributed by atoms with E-state index in [0.717, 1.165) is 120 Å². The zero-order valence-corrected chi connectivity index (χ0v) is 40.6. The average Bonchev–Trinajstić information content (AvgIpc) is 3.34. The summed E-state index contributed by atoms with van der Waals surface area (Å²) in [4.78, 5) is 72.2. The number of benzene rings is 2. The third-order valence-corrected chi connectivity index (χ3v) is 15.9. The van der Waals surface area contributed by atoms with Gasteiger partial charge in [0.05, 0.1) is 23.7 Å². The van der Waals surface area contributed by atoms with Crippen molar-refractivity contribution in [2.45, 2.75) is 102 Å². The quantitative estimate of drug-likeness (QED) is 0.138. The van der Waals surface area contributed by atoms with E-state index in [1.165, 1.54) is 12.1 Å². The molecule has 2 aromatic carbocycles. The first-order valence-corrected chi connectivity index (χ1v) is 25.5. The molecular weight excluding hydrogens is 881 g/mol. The average molecular weight is 952 g/mol. The van der Waals surface area contributed by atoms with Gasteiger partial charge in [0.15, 0.2) is 0 Å². The molecule has 0 bridgehead atoms. The largest absolute Gasteiger partial charge is 0.370 e. The third kappa shape index (κ3) is 12.1. The van der Waals surface area contributed by atoms with Crippen LogP contribution in [0.3, 0.4) is 0 Å². The molecule has 3 aromatic rings. The van der Waals surface area contributed by atoms with Crippen LogP contribution in [0.4, 0.5) is 31.8 Å². The number of halogens is 2. The molecule has 6 aliphatic heterocycles. The van der Waals surface area contributed by atoms with Gasteiger partial charge in [-0.1, -0.05) is 26.0 Å². The van der Waals surface area contributed by atoms with Crippen LogP contribution in [0.2, 0.25) is 0 Å². The minimum absolute atomic E-state index is 0.0200. The molecule has 9 rings (SSSR count). The van der Waals surface area contributed by atoms with Gasteiger partial charge < -0.3 is 30.2 Å². The van der Waals surface area contributed by atoms with Crippen molar-refractivity contribution in [3.63, 3.8) is 0 Å². The summed E-state index contributed by atoms with van der Waals surface area (Å²) >= 11 is 0. The van der Waals surface area contributed by atoms with Crippen LogP contribution >= 0.6 is 0 Å². The Morgan fingerprint density at radius 1 is 0.768 bits per heavy atom. The number of nitrogens with one attached hydrogen (secondary N) is 3. The molecule has 4 amide bonds. The number of piperazine rings is 2. The second-order valence-corrected chi connectivity index (χ2v) is 21.4. The number of piperidine rings is 4. The number of amides is 4. The Labute approximate surface area is 405 Å². The Morgan fingerprint density at radius 2 is 1.51 bits per heavy atom. The Balaban J connectivity index is 0.655. The van der Waals surface area contributed by atoms with E-state index < -0.39 is 17.2 Å². The van der Waals surface area contributed by atoms with Crippen LogP contribution in [0.1, 0.15) is 102 Å². The monoisotopic (exact) mass is 952 g/mol. The number of imide groups is 1. The second-order valence-electron chi connectivity index (χ2n) is 21.4. The number of hydrogen-bond donors (Lipinski definition) is 3. The van der Waals surface area contributed by atoms with Crippen LogP contribution in [0, 0.1) is 23.0 Å². The molecule has 372 valence electrons. The number of hydrogen-bond acceptors (Lipinski definition) is 12. The highest BCUT2D eigenvalue weighted by molar-refractivity contribution is 6.01. The van der Waals surface area contributed by atoms with Crippen LogP contribution in [-0.2, 0) is 25.7 Å². The smallest absolute Gasteiger partial charge is 0.240 e. The number of carbonyl (C=O) groups is 4. The van der Waals surface area contributed by atoms with Crippen molar-refractivity contribution in [3.8, 4) is 0 Å². The van der Waals surface area contributed by atoms with Crippen LogP contribution < -0.4 is 30.7 Å². The van der Waals surface area contributed by atoms with Crippen LogP contribution in [0.25, 0.3) is 0 Å². The number of aromatic nitrogens is 2. The summed E-state index contributed by atoms with van der Waals surface area (Å²) in [5.74, 6) is 0.562. The Hall–Kier alpha value is -5.42. The lowest BCUT2D eigenvalue weighted by atomic mass is 9.82. The maximum absolute atomic E-state index is 15.7. The molecule has 69 heavy (non-hydrogen) atoms. The van der Waals surface area contributed by atoms with Crippen LogP contribution in [0.5, 0.6) is 0 Å². The molecule has 0 radical (unpaired) electrons. The summed E-state index contributed by atoms with van der Waals surface area (Å²) in [6, 6.07) is 12.8. The van der Waals surface area contributed by atoms with Gasteiger partial charge in [0.2, 0.25) is 23.6 Å². The summed E-state index contributed by atoms with van der Waals surface area (Å²) in [6.07, 6.45) is 10.0. The Kier molecular flexibility index (Phi) is 15.0. The minimum Gasteiger partial charge on any atom is -0.370 e. The maximum atomic E-state index is 15.7. The second kappa shape index (κ2) is 21.3. The maximum Gasteiger partial charge on any atom is 0.240 e. The lowest BCUT2D eigenvalue weighted by molar-refractivity contribution is -0.134. The predicted molar refractivity (Wildman–Crippen MR) is 263 cm³/mol. The zero-order valence-electron chi connectivity index (χ0n) is 40.6. The van der Waals surface area contributed by atoms with E-state index in [9.17, 15) is 19.2 Å². The molecule has 0 saturated carbocycles. The van der Waals surface area contributed by atoms with Gasteiger partial charge in [-0.25, -0.2) is 18.7 Å². The van der Waals surface area contributed by atoms with E-state index >= 15 is 8.78 Å². The summed E-state index contributed by atoms with van der Waals surface area (Å²) in [5, 5.41) is 9.07. The first-order chi connectivity index (χ1) is 33.3. The topological polar surface area (TPSA) is 150 Å². The molecule has 1 unspecified atom stereocenters. The fraction of sp³-hybridized carbons (Fsp3) is 0.615. The van der Waals surface area contributed by atoms with E-state index in [2.05, 4.69) is 71.5 Å². The molecule has 7 heterocycles. The first kappa shape index (κ1) is 48.6. The van der Waals surface area contributed by atoms with Crippen molar-refractivity contribution in [2.24, 2.45) is 11.3 Å². The van der Waals surface area contributed by atoms with E-state index in [0.29, 0.717) is 76.3 Å². The Morgan fingerprint density at radius 3 is 2.23 bits per heavy atom. The molecule has 6 aliphatic rings. The van der Waals surface area contributed by atoms with E-state index in [-0.39, 0.29) is 47.2 Å². The van der Waals surface area contributed by atoms with Crippen molar-refractivity contribution in [2.75, 3.05) is 112 Å². The van der Waals surface area contributed by atoms with Gasteiger partial charge in [0, 0.05) is 115 Å². The van der Waals surface area contributed by atoms with Crippen molar-refractivity contribution < 1.29 is 28.0 Å². The molecule has 15 nitrogen and oxygen atoms in total. The highest BCUT2D eigenvalue weighted by Gasteiger charge is 2.42. The number of carbonyl (C=O) groups excluding carboxylic acids is 4. The molecule has 1 aromatic heterocycles. The normalized spacial score (nSPS) is 22.7. The van der Waals surface area contributed by atoms with Crippen LogP contribution in [0.15, 0.2) is 48.8 Å². The van der Waals surface area contributed by atoms with Crippen molar-refractivity contribution in [3.05, 3.63) is 71.6 Å². The highest BCUT2D eigenvalue weighted by atomic mass is 19.1. The van der Waals surface area contributed by atoms with Crippen molar-refractivity contribution in [1.82, 2.24) is 35.3 Å². The molecule has 1 atom stereocenters. The molecular formula is C52H71F2N11O4. The van der Waals surface area contributed by atoms with Crippen LogP contribution in [-0.4, -0.2) is 145 Å². The van der Waals surface area contributed by atoms with Gasteiger partial charge in [-0.3, -0.25) is 34.3 Å². The Bertz CT molecular complexity index is 2300. The molecule has 6 fully saturated rings. The standard InChI is InChI=1S/C52H71F2N11O4/c1-51(2)14-21-60(22-15-51)33-39-29-43(54)44(30-42(39)53)65-34-48(67)59-52(35-65)16-23-63(24-17-52)46-31-45(56-36-57-46)55-18-4-3-5-49(68)64-19-12-37(13-20-64)32-61-25-27-62(28-26-61)40-8-6-38(7-9-40)41-10-11-47(66)58-50(41)69/h6-9,29-31,36-37,41H,3-5,10-28,32-35H2,1-2H3,(H,59,67)(H,55,56,57)(H,58,66,69). The van der Waals surface area contributed by atoms with E-state index in [1.807, 2.05) is 23.1 Å². The zero-order chi connectivity index (χ0) is 48.1. The molecule has 1 spiro atoms. The van der Waals surface area contributed by atoms with Crippen molar-refractivity contribution in [1.29, 1.82) is 0 Å². The number of nitrogens with zero attached hydrogens (tertiary/aromatic N) is 8. The van der Waals surface area contributed by atoms with Gasteiger partial charge in [-0.2, -0.15) is 0 Å². The van der Waals surface area contributed by atoms with Gasteiger partial charge in [0.25, 0.3) is 0 Å². The number of rotatable bonds is 14. The molecule has 0 aliphatic carbocycles. The lowest BCUT2D eigenvalue weighted by Gasteiger charge is -2.48. The fourth-order valence-electron chi connectivity index (χ4n) is 11.3. The van der Waals surface area contributed by atoms with Gasteiger partial charge in [0.1, 0.15) is 29.6 Å². The predicted octanol–water partition coefficient (Wildman–Crippen LogP) is 5.52. The van der Waals surface area contributed by atoms with Gasteiger partial charge in [-0.15, -0.1) is 0 Å². The summed E-state index contributed by atoms with van der Waals surface area (Å²) in [6.45, 7) is 15.5.